The van der Waals surface area contributed by atoms with Crippen molar-refractivity contribution in [2.75, 3.05) is 13.2 Å². The first-order valence-corrected chi connectivity index (χ1v) is 10.9. The molecule has 0 saturated heterocycles. The molecule has 3 aromatic carbocycles. The second kappa shape index (κ2) is 8.71. The number of para-hydroxylation sites is 3. The number of nitrogens with one attached hydrogen (secondary N) is 1. The van der Waals surface area contributed by atoms with Gasteiger partial charge in [-0.25, -0.2) is 4.98 Å². The molecule has 0 bridgehead atoms. The lowest BCUT2D eigenvalue weighted by atomic mass is 9.94. The summed E-state index contributed by atoms with van der Waals surface area (Å²) in [5.41, 5.74) is 4.28. The number of fused-ring (bicyclic) bond motifs is 2. The predicted octanol–water partition coefficient (Wildman–Crippen LogP) is 5.03. The molecule has 1 aliphatic heterocycles. The van der Waals surface area contributed by atoms with Crippen LogP contribution in [0.4, 0.5) is 0 Å². The molecule has 1 amide bonds. The molecule has 5 nitrogen and oxygen atoms in total. The number of hydrogen-bond donors (Lipinski definition) is 1. The summed E-state index contributed by atoms with van der Waals surface area (Å²) in [6, 6.07) is 25.4. The molecule has 0 aliphatic carbocycles. The summed E-state index contributed by atoms with van der Waals surface area (Å²) in [4.78, 5) is 18.4. The van der Waals surface area contributed by atoms with Crippen molar-refractivity contribution in [3.8, 4) is 22.8 Å². The van der Waals surface area contributed by atoms with Crippen molar-refractivity contribution in [3.63, 3.8) is 0 Å². The first kappa shape index (κ1) is 20.1. The second-order valence-corrected chi connectivity index (χ2v) is 7.76. The lowest BCUT2D eigenvalue weighted by Crippen LogP contribution is -2.41. The van der Waals surface area contributed by atoms with Gasteiger partial charge in [0.25, 0.3) is 5.91 Å². The summed E-state index contributed by atoms with van der Waals surface area (Å²) in [6.45, 7) is 2.81. The number of benzene rings is 3. The highest BCUT2D eigenvalue weighted by molar-refractivity contribution is 6.09. The second-order valence-electron chi connectivity index (χ2n) is 7.76. The number of pyridine rings is 1. The Morgan fingerprint density at radius 2 is 1.69 bits per heavy atom. The van der Waals surface area contributed by atoms with Crippen molar-refractivity contribution in [1.29, 1.82) is 0 Å². The third-order valence-electron chi connectivity index (χ3n) is 5.68. The molecule has 32 heavy (non-hydrogen) atoms. The largest absolute Gasteiger partial charge is 0.486 e. The first-order valence-electron chi connectivity index (χ1n) is 10.9. The van der Waals surface area contributed by atoms with Gasteiger partial charge in [-0.1, -0.05) is 67.6 Å². The SMILES string of the molecule is CCc1c(-c2ccccc2)nc2ccccc2c1C(=O)NCC1COc2ccccc2O1. The van der Waals surface area contributed by atoms with Crippen molar-refractivity contribution in [2.45, 2.75) is 19.4 Å². The zero-order valence-electron chi connectivity index (χ0n) is 17.9. The topological polar surface area (TPSA) is 60.5 Å². The van der Waals surface area contributed by atoms with Crippen LogP contribution in [-0.2, 0) is 6.42 Å². The molecule has 1 atom stereocenters. The first-order chi connectivity index (χ1) is 15.7. The van der Waals surface area contributed by atoms with Gasteiger partial charge >= 0.3 is 0 Å². The van der Waals surface area contributed by atoms with E-state index >= 15 is 0 Å². The van der Waals surface area contributed by atoms with Gasteiger partial charge in [-0.05, 0) is 30.2 Å². The minimum Gasteiger partial charge on any atom is -0.486 e. The molecule has 1 aromatic heterocycles. The van der Waals surface area contributed by atoms with Crippen LogP contribution in [0.25, 0.3) is 22.2 Å². The number of nitrogens with zero attached hydrogens (tertiary/aromatic N) is 1. The van der Waals surface area contributed by atoms with Crippen molar-refractivity contribution >= 4 is 16.8 Å². The highest BCUT2D eigenvalue weighted by Gasteiger charge is 2.24. The number of amides is 1. The summed E-state index contributed by atoms with van der Waals surface area (Å²) in [7, 11) is 0. The standard InChI is InChI=1S/C27H24N2O3/c1-2-20-25(27(30)28-16-19-17-31-23-14-8-9-15-24(23)32-19)21-12-6-7-13-22(21)29-26(20)18-10-4-3-5-11-18/h3-15,19H,2,16-17H2,1H3,(H,28,30). The van der Waals surface area contributed by atoms with Gasteiger partial charge in [0.15, 0.2) is 11.5 Å². The molecule has 0 saturated carbocycles. The van der Waals surface area contributed by atoms with E-state index in [2.05, 4.69) is 12.2 Å². The van der Waals surface area contributed by atoms with Crippen LogP contribution in [0.1, 0.15) is 22.8 Å². The average molecular weight is 425 g/mol. The maximum absolute atomic E-state index is 13.5. The Morgan fingerprint density at radius 1 is 0.969 bits per heavy atom. The van der Waals surface area contributed by atoms with E-state index in [-0.39, 0.29) is 12.0 Å². The fourth-order valence-electron chi connectivity index (χ4n) is 4.15. The Hall–Kier alpha value is -3.86. The van der Waals surface area contributed by atoms with Gasteiger partial charge in [0.1, 0.15) is 12.7 Å². The highest BCUT2D eigenvalue weighted by Crippen LogP contribution is 2.32. The summed E-state index contributed by atoms with van der Waals surface area (Å²) in [5.74, 6) is 1.31. The number of hydrogen-bond acceptors (Lipinski definition) is 4. The van der Waals surface area contributed by atoms with Gasteiger partial charge in [-0.15, -0.1) is 0 Å². The lowest BCUT2D eigenvalue weighted by Gasteiger charge is -2.26. The molecule has 5 rings (SSSR count). The molecule has 1 unspecified atom stereocenters. The molecular formula is C27H24N2O3. The molecule has 1 aliphatic rings. The molecule has 2 heterocycles. The maximum atomic E-state index is 13.5. The normalized spacial score (nSPS) is 14.8. The van der Waals surface area contributed by atoms with Crippen LogP contribution in [0.3, 0.4) is 0 Å². The van der Waals surface area contributed by atoms with E-state index in [1.807, 2.05) is 78.9 Å². The van der Waals surface area contributed by atoms with E-state index in [0.29, 0.717) is 30.9 Å². The van der Waals surface area contributed by atoms with E-state index in [9.17, 15) is 4.79 Å². The minimum absolute atomic E-state index is 0.125. The zero-order valence-corrected chi connectivity index (χ0v) is 17.9. The van der Waals surface area contributed by atoms with E-state index in [1.165, 1.54) is 0 Å². The molecule has 4 aromatic rings. The Morgan fingerprint density at radius 3 is 2.50 bits per heavy atom. The van der Waals surface area contributed by atoms with Crippen molar-refractivity contribution in [3.05, 3.63) is 90.0 Å². The van der Waals surface area contributed by atoms with Crippen LogP contribution < -0.4 is 14.8 Å². The predicted molar refractivity (Wildman–Crippen MR) is 125 cm³/mol. The third kappa shape index (κ3) is 3.78. The summed E-state index contributed by atoms with van der Waals surface area (Å²) in [6.07, 6.45) is 0.446. The van der Waals surface area contributed by atoms with Crippen LogP contribution in [0.15, 0.2) is 78.9 Å². The highest BCUT2D eigenvalue weighted by atomic mass is 16.6. The Balaban J connectivity index is 1.47. The molecule has 1 N–H and O–H groups in total. The number of rotatable bonds is 5. The molecular weight excluding hydrogens is 400 g/mol. The van der Waals surface area contributed by atoms with Crippen molar-refractivity contribution < 1.29 is 14.3 Å². The smallest absolute Gasteiger partial charge is 0.252 e. The van der Waals surface area contributed by atoms with E-state index in [0.717, 1.165) is 33.5 Å². The Labute approximate surface area is 187 Å². The van der Waals surface area contributed by atoms with Gasteiger partial charge in [-0.2, -0.15) is 0 Å². The van der Waals surface area contributed by atoms with Crippen molar-refractivity contribution in [1.82, 2.24) is 10.3 Å². The Kier molecular flexibility index (Phi) is 5.46. The van der Waals surface area contributed by atoms with Gasteiger partial charge in [0, 0.05) is 10.9 Å². The number of aromatic nitrogens is 1. The van der Waals surface area contributed by atoms with Crippen LogP contribution in [0.5, 0.6) is 11.5 Å². The fraction of sp³-hybridized carbons (Fsp3) is 0.185. The molecule has 0 fully saturated rings. The van der Waals surface area contributed by atoms with E-state index in [1.54, 1.807) is 0 Å². The number of carbonyl (C=O) groups excluding carboxylic acids is 1. The van der Waals surface area contributed by atoms with Crippen LogP contribution in [-0.4, -0.2) is 30.1 Å². The van der Waals surface area contributed by atoms with Gasteiger partial charge in [0.05, 0.1) is 23.3 Å². The van der Waals surface area contributed by atoms with Crippen LogP contribution in [0.2, 0.25) is 0 Å². The minimum atomic E-state index is -0.249. The average Bonchev–Trinajstić information content (AvgIpc) is 2.86. The van der Waals surface area contributed by atoms with E-state index < -0.39 is 0 Å². The molecule has 160 valence electrons. The molecule has 0 radical (unpaired) electrons. The molecule has 5 heteroatoms. The van der Waals surface area contributed by atoms with Crippen LogP contribution in [0, 0.1) is 0 Å². The summed E-state index contributed by atoms with van der Waals surface area (Å²) >= 11 is 0. The van der Waals surface area contributed by atoms with Gasteiger partial charge < -0.3 is 14.8 Å². The summed E-state index contributed by atoms with van der Waals surface area (Å²) < 4.78 is 11.8. The fourth-order valence-corrected chi connectivity index (χ4v) is 4.15. The monoisotopic (exact) mass is 424 g/mol. The maximum Gasteiger partial charge on any atom is 0.252 e. The Bertz CT molecular complexity index is 1270. The van der Waals surface area contributed by atoms with Crippen LogP contribution >= 0.6 is 0 Å². The third-order valence-corrected chi connectivity index (χ3v) is 5.68. The lowest BCUT2D eigenvalue weighted by molar-refractivity contribution is 0.0789. The van der Waals surface area contributed by atoms with E-state index in [4.69, 9.17) is 14.5 Å². The quantitative estimate of drug-likeness (QED) is 0.488. The number of carbonyl (C=O) groups is 1. The van der Waals surface area contributed by atoms with Gasteiger partial charge in [-0.3, -0.25) is 4.79 Å². The summed E-state index contributed by atoms with van der Waals surface area (Å²) in [5, 5.41) is 3.93. The molecule has 0 spiro atoms. The zero-order chi connectivity index (χ0) is 21.9. The number of ether oxygens (including phenoxy) is 2. The van der Waals surface area contributed by atoms with Gasteiger partial charge in [0.2, 0.25) is 0 Å². The van der Waals surface area contributed by atoms with Crippen molar-refractivity contribution in [2.24, 2.45) is 0 Å².